The number of fused-ring (bicyclic) bond motifs is 1. The van der Waals surface area contributed by atoms with E-state index in [-0.39, 0.29) is 10.9 Å². The van der Waals surface area contributed by atoms with Gasteiger partial charge in [0.1, 0.15) is 5.82 Å². The quantitative estimate of drug-likeness (QED) is 0.673. The molecule has 3 aromatic rings. The lowest BCUT2D eigenvalue weighted by atomic mass is 10.1. The van der Waals surface area contributed by atoms with E-state index in [1.54, 1.807) is 4.90 Å². The van der Waals surface area contributed by atoms with Crippen LogP contribution in [0.2, 0.25) is 5.02 Å². The molecular weight excluding hydrogens is 367 g/mol. The van der Waals surface area contributed by atoms with Crippen molar-refractivity contribution in [1.29, 1.82) is 0 Å². The van der Waals surface area contributed by atoms with Crippen LogP contribution in [0.15, 0.2) is 36.5 Å². The van der Waals surface area contributed by atoms with Crippen LogP contribution in [0.4, 0.5) is 15.8 Å². The second kappa shape index (κ2) is 7.88. The Morgan fingerprint density at radius 3 is 2.63 bits per heavy atom. The maximum absolute atomic E-state index is 13.4. The molecule has 0 unspecified atom stereocenters. The van der Waals surface area contributed by atoms with Gasteiger partial charge in [-0.15, -0.1) is 0 Å². The Hall–Kier alpha value is -2.73. The minimum Gasteiger partial charge on any atom is -0.353 e. The molecule has 0 saturated carbocycles. The number of carbonyl (C=O) groups is 1. The highest BCUT2D eigenvalue weighted by Gasteiger charge is 2.21. The van der Waals surface area contributed by atoms with Gasteiger partial charge in [0.25, 0.3) is 5.91 Å². The summed E-state index contributed by atoms with van der Waals surface area (Å²) in [6, 6.07) is 7.79. The molecule has 0 spiro atoms. The zero-order chi connectivity index (χ0) is 19.6. The van der Waals surface area contributed by atoms with Crippen molar-refractivity contribution in [3.63, 3.8) is 0 Å². The third-order valence-corrected chi connectivity index (χ3v) is 4.65. The normalized spacial score (nSPS) is 10.9. The van der Waals surface area contributed by atoms with Crippen LogP contribution in [0.3, 0.4) is 0 Å². The third kappa shape index (κ3) is 3.85. The molecule has 0 aliphatic heterocycles. The summed E-state index contributed by atoms with van der Waals surface area (Å²) in [5.74, 6) is -0.572. The fourth-order valence-corrected chi connectivity index (χ4v) is 3.09. The first kappa shape index (κ1) is 19.0. The van der Waals surface area contributed by atoms with Crippen LogP contribution in [0, 0.1) is 12.7 Å². The zero-order valence-corrected chi connectivity index (χ0v) is 16.1. The van der Waals surface area contributed by atoms with Crippen molar-refractivity contribution in [1.82, 2.24) is 14.9 Å². The van der Waals surface area contributed by atoms with Gasteiger partial charge >= 0.3 is 0 Å². The Labute approximate surface area is 162 Å². The van der Waals surface area contributed by atoms with E-state index in [2.05, 4.69) is 15.3 Å². The van der Waals surface area contributed by atoms with Crippen LogP contribution in [-0.2, 0) is 0 Å². The fraction of sp³-hybridized carbons (Fsp3) is 0.250. The van der Waals surface area contributed by atoms with Gasteiger partial charge in [-0.3, -0.25) is 4.79 Å². The summed E-state index contributed by atoms with van der Waals surface area (Å²) >= 11 is 6.18. The first-order valence-corrected chi connectivity index (χ1v) is 9.10. The summed E-state index contributed by atoms with van der Waals surface area (Å²) in [6.45, 7) is 6.88. The maximum Gasteiger partial charge on any atom is 0.257 e. The van der Waals surface area contributed by atoms with Crippen molar-refractivity contribution in [2.75, 3.05) is 18.4 Å². The molecule has 0 radical (unpaired) electrons. The summed E-state index contributed by atoms with van der Waals surface area (Å²) in [4.78, 5) is 23.5. The van der Waals surface area contributed by atoms with E-state index in [1.165, 1.54) is 24.4 Å². The molecule has 2 heterocycles. The number of halogens is 2. The zero-order valence-electron chi connectivity index (χ0n) is 15.4. The number of amides is 1. The number of benzene rings is 1. The number of rotatable bonds is 5. The Bertz CT molecular complexity index is 1000. The predicted molar refractivity (Wildman–Crippen MR) is 106 cm³/mol. The van der Waals surface area contributed by atoms with Gasteiger partial charge < -0.3 is 10.2 Å². The molecule has 0 fully saturated rings. The average molecular weight is 387 g/mol. The van der Waals surface area contributed by atoms with Crippen molar-refractivity contribution in [2.45, 2.75) is 20.8 Å². The number of pyridine rings is 2. The molecule has 0 atom stereocenters. The van der Waals surface area contributed by atoms with Gasteiger partial charge in [0.2, 0.25) is 0 Å². The van der Waals surface area contributed by atoms with Gasteiger partial charge in [-0.2, -0.15) is 0 Å². The van der Waals surface area contributed by atoms with Gasteiger partial charge in [-0.25, -0.2) is 14.4 Å². The molecule has 1 N–H and O–H groups in total. The summed E-state index contributed by atoms with van der Waals surface area (Å²) in [5.41, 5.74) is 2.81. The Balaban J connectivity index is 2.19. The van der Waals surface area contributed by atoms with Gasteiger partial charge in [0.05, 0.1) is 22.0 Å². The molecule has 0 bridgehead atoms. The monoisotopic (exact) mass is 386 g/mol. The first-order valence-electron chi connectivity index (χ1n) is 8.72. The summed E-state index contributed by atoms with van der Waals surface area (Å²) in [7, 11) is 0. The number of hydrogen-bond donors (Lipinski definition) is 1. The van der Waals surface area contributed by atoms with Crippen molar-refractivity contribution in [2.24, 2.45) is 0 Å². The lowest BCUT2D eigenvalue weighted by Crippen LogP contribution is -2.31. The van der Waals surface area contributed by atoms with Crippen LogP contribution in [0.1, 0.15) is 29.9 Å². The highest BCUT2D eigenvalue weighted by atomic mass is 35.5. The van der Waals surface area contributed by atoms with Crippen LogP contribution >= 0.6 is 11.6 Å². The van der Waals surface area contributed by atoms with E-state index in [4.69, 9.17) is 11.6 Å². The highest BCUT2D eigenvalue weighted by molar-refractivity contribution is 6.33. The lowest BCUT2D eigenvalue weighted by molar-refractivity contribution is 0.0774. The van der Waals surface area contributed by atoms with Crippen molar-refractivity contribution < 1.29 is 9.18 Å². The maximum atomic E-state index is 13.4. The molecule has 0 saturated heterocycles. The molecule has 0 aliphatic carbocycles. The molecule has 140 valence electrons. The molecule has 5 nitrogen and oxygen atoms in total. The van der Waals surface area contributed by atoms with Crippen LogP contribution in [0.5, 0.6) is 0 Å². The standard InChI is InChI=1S/C20H20ClFN4O/c1-4-26(5-2)20(27)15-11-23-19-14(8-6-12(3)24-19)18(15)25-17-9-7-13(22)10-16(17)21/h6-11H,4-5H2,1-3H3,(H,23,24,25). The third-order valence-electron chi connectivity index (χ3n) is 4.34. The highest BCUT2D eigenvalue weighted by Crippen LogP contribution is 2.32. The Morgan fingerprint density at radius 2 is 1.96 bits per heavy atom. The number of nitrogens with one attached hydrogen (secondary N) is 1. The fourth-order valence-electron chi connectivity index (χ4n) is 2.88. The van der Waals surface area contributed by atoms with Gasteiger partial charge in [-0.05, 0) is 51.1 Å². The number of aryl methyl sites for hydroxylation is 1. The molecule has 27 heavy (non-hydrogen) atoms. The second-order valence-electron chi connectivity index (χ2n) is 6.10. The van der Waals surface area contributed by atoms with Gasteiger partial charge in [0, 0.05) is 30.4 Å². The molecule has 1 aromatic carbocycles. The largest absolute Gasteiger partial charge is 0.353 e. The lowest BCUT2D eigenvalue weighted by Gasteiger charge is -2.21. The van der Waals surface area contributed by atoms with Crippen molar-refractivity contribution in [3.8, 4) is 0 Å². The van der Waals surface area contributed by atoms with E-state index >= 15 is 0 Å². The number of nitrogens with zero attached hydrogens (tertiary/aromatic N) is 3. The topological polar surface area (TPSA) is 58.1 Å². The smallest absolute Gasteiger partial charge is 0.257 e. The van der Waals surface area contributed by atoms with E-state index < -0.39 is 5.82 Å². The minimum atomic E-state index is -0.429. The molecule has 2 aromatic heterocycles. The van der Waals surface area contributed by atoms with Gasteiger partial charge in [0.15, 0.2) is 5.65 Å². The minimum absolute atomic E-state index is 0.143. The summed E-state index contributed by atoms with van der Waals surface area (Å²) in [5, 5.41) is 4.11. The number of anilines is 2. The molecule has 3 rings (SSSR count). The molecule has 0 aliphatic rings. The second-order valence-corrected chi connectivity index (χ2v) is 6.50. The van der Waals surface area contributed by atoms with E-state index in [1.807, 2.05) is 32.9 Å². The Kier molecular flexibility index (Phi) is 5.56. The van der Waals surface area contributed by atoms with Crippen LogP contribution in [0.25, 0.3) is 11.0 Å². The Morgan fingerprint density at radius 1 is 1.22 bits per heavy atom. The van der Waals surface area contributed by atoms with Crippen LogP contribution < -0.4 is 5.32 Å². The molecule has 7 heteroatoms. The molecule has 1 amide bonds. The van der Waals surface area contributed by atoms with E-state index in [0.717, 1.165) is 5.69 Å². The van der Waals surface area contributed by atoms with Crippen LogP contribution in [-0.4, -0.2) is 33.9 Å². The van der Waals surface area contributed by atoms with Crippen molar-refractivity contribution >= 4 is 39.9 Å². The van der Waals surface area contributed by atoms with Gasteiger partial charge in [-0.1, -0.05) is 11.6 Å². The summed E-state index contributed by atoms with van der Waals surface area (Å²) < 4.78 is 13.4. The number of aromatic nitrogens is 2. The van der Waals surface area contributed by atoms with Crippen molar-refractivity contribution in [3.05, 3.63) is 58.6 Å². The number of hydrogen-bond acceptors (Lipinski definition) is 4. The first-order chi connectivity index (χ1) is 12.9. The summed E-state index contributed by atoms with van der Waals surface area (Å²) in [6.07, 6.45) is 1.52. The average Bonchev–Trinajstić information content (AvgIpc) is 2.64. The van der Waals surface area contributed by atoms with E-state index in [9.17, 15) is 9.18 Å². The predicted octanol–water partition coefficient (Wildman–Crippen LogP) is 4.96. The van der Waals surface area contributed by atoms with E-state index in [0.29, 0.717) is 41.1 Å². The molecular formula is C20H20ClFN4O. The SMILES string of the molecule is CCN(CC)C(=O)c1cnc2nc(C)ccc2c1Nc1ccc(F)cc1Cl. The number of carbonyl (C=O) groups excluding carboxylic acids is 1.